The van der Waals surface area contributed by atoms with Crippen LogP contribution in [0, 0.1) is 29.1 Å². The number of allylic oxidation sites excluding steroid dienone is 3. The molecule has 0 bridgehead atoms. The summed E-state index contributed by atoms with van der Waals surface area (Å²) in [5.74, 6) is 1.35. The third-order valence-electron chi connectivity index (χ3n) is 5.51. The number of likely N-dealkylation sites (N-methyl/N-ethyl adjacent to an activating group) is 1. The Labute approximate surface area is 134 Å². The molecule has 0 aromatic carbocycles. The predicted octanol–water partition coefficient (Wildman–Crippen LogP) is 2.36. The first-order valence-electron chi connectivity index (χ1n) is 8.61. The van der Waals surface area contributed by atoms with E-state index in [1.54, 1.807) is 0 Å². The Bertz CT molecular complexity index is 490. The maximum absolute atomic E-state index is 9.22. The van der Waals surface area contributed by atoms with Gasteiger partial charge in [0.25, 0.3) is 0 Å². The summed E-state index contributed by atoms with van der Waals surface area (Å²) in [6.45, 7) is 4.27. The number of nitrogens with one attached hydrogen (secondary N) is 2. The Morgan fingerprint density at radius 1 is 1.50 bits per heavy atom. The van der Waals surface area contributed by atoms with Crippen LogP contribution in [0.4, 0.5) is 0 Å². The molecule has 2 N–H and O–H groups in total. The lowest BCUT2D eigenvalue weighted by molar-refractivity contribution is 0.331. The van der Waals surface area contributed by atoms with Crippen molar-refractivity contribution in [2.45, 2.75) is 44.3 Å². The molecule has 2 aliphatic carbocycles. The zero-order valence-corrected chi connectivity index (χ0v) is 13.6. The van der Waals surface area contributed by atoms with Gasteiger partial charge in [-0.1, -0.05) is 36.6 Å². The lowest BCUT2D eigenvalue weighted by Gasteiger charge is -2.51. The lowest BCUT2D eigenvalue weighted by Crippen LogP contribution is -2.52. The van der Waals surface area contributed by atoms with E-state index in [-0.39, 0.29) is 5.92 Å². The zero-order valence-electron chi connectivity index (χ0n) is 13.6. The van der Waals surface area contributed by atoms with Crippen molar-refractivity contribution in [2.24, 2.45) is 17.8 Å². The van der Waals surface area contributed by atoms with Crippen molar-refractivity contribution in [3.63, 3.8) is 0 Å². The van der Waals surface area contributed by atoms with Gasteiger partial charge in [-0.3, -0.25) is 0 Å². The number of hydrogen-bond acceptors (Lipinski definition) is 3. The van der Waals surface area contributed by atoms with Crippen molar-refractivity contribution < 1.29 is 0 Å². The molecule has 2 fully saturated rings. The number of hydrogen-bond donors (Lipinski definition) is 2. The molecule has 120 valence electrons. The third kappa shape index (κ3) is 2.99. The Balaban J connectivity index is 1.73. The maximum atomic E-state index is 9.22. The van der Waals surface area contributed by atoms with E-state index in [2.05, 4.69) is 35.8 Å². The van der Waals surface area contributed by atoms with E-state index >= 15 is 0 Å². The number of nitrogens with zero attached hydrogens (tertiary/aromatic N) is 2. The van der Waals surface area contributed by atoms with E-state index in [1.807, 2.05) is 13.1 Å². The molecule has 1 saturated carbocycles. The summed E-state index contributed by atoms with van der Waals surface area (Å²) in [5, 5.41) is 21.1. The average molecular weight is 299 g/mol. The van der Waals surface area contributed by atoms with E-state index < -0.39 is 0 Å². The second-order valence-corrected chi connectivity index (χ2v) is 6.88. The molecule has 4 heteroatoms. The van der Waals surface area contributed by atoms with Gasteiger partial charge in [-0.05, 0) is 38.3 Å². The number of fused-ring (bicyclic) bond motifs is 1. The molecule has 22 heavy (non-hydrogen) atoms. The van der Waals surface area contributed by atoms with E-state index in [4.69, 9.17) is 5.32 Å². The van der Waals surface area contributed by atoms with Crippen molar-refractivity contribution in [2.75, 3.05) is 20.1 Å². The highest BCUT2D eigenvalue weighted by molar-refractivity contribution is 5.32. The maximum Gasteiger partial charge on any atom is 0.0700 e. The Morgan fingerprint density at radius 2 is 2.36 bits per heavy atom. The Morgan fingerprint density at radius 3 is 3.00 bits per heavy atom. The highest BCUT2D eigenvalue weighted by Crippen LogP contribution is 2.48. The van der Waals surface area contributed by atoms with Gasteiger partial charge in [-0.25, -0.2) is 0 Å². The normalized spacial score (nSPS) is 37.9. The fourth-order valence-corrected chi connectivity index (χ4v) is 4.21. The number of rotatable bonds is 6. The highest BCUT2D eigenvalue weighted by Gasteiger charge is 2.42. The van der Waals surface area contributed by atoms with Crippen LogP contribution < -0.4 is 10.6 Å². The molecule has 1 heterocycles. The molecule has 0 spiro atoms. The summed E-state index contributed by atoms with van der Waals surface area (Å²) < 4.78 is 0. The van der Waals surface area contributed by atoms with Crippen molar-refractivity contribution in [3.8, 4) is 6.07 Å². The van der Waals surface area contributed by atoms with Crippen molar-refractivity contribution in [3.05, 3.63) is 29.1 Å². The second kappa shape index (κ2) is 6.95. The molecule has 0 radical (unpaired) electrons. The molecule has 0 aromatic rings. The average Bonchev–Trinajstić information content (AvgIpc) is 2.77. The van der Waals surface area contributed by atoms with Crippen LogP contribution in [0.3, 0.4) is 0 Å². The molecule has 6 atom stereocenters. The SMILES string of the molecule is CCC(CNC)NC1C(C2=CC=C[C@H](C#N)C2)CC2C[N-]C21. The van der Waals surface area contributed by atoms with Crippen LogP contribution in [0.1, 0.15) is 26.2 Å². The van der Waals surface area contributed by atoms with Crippen LogP contribution in [-0.4, -0.2) is 38.3 Å². The summed E-state index contributed by atoms with van der Waals surface area (Å²) in [7, 11) is 2.01. The summed E-state index contributed by atoms with van der Waals surface area (Å²) >= 11 is 0. The minimum Gasteiger partial charge on any atom is -0.658 e. The predicted molar refractivity (Wildman–Crippen MR) is 89.5 cm³/mol. The summed E-state index contributed by atoms with van der Waals surface area (Å²) in [5.41, 5.74) is 1.45. The van der Waals surface area contributed by atoms with Gasteiger partial charge in [0.05, 0.1) is 12.0 Å². The topological polar surface area (TPSA) is 61.9 Å². The largest absolute Gasteiger partial charge is 0.658 e. The third-order valence-corrected chi connectivity index (χ3v) is 5.51. The van der Waals surface area contributed by atoms with Gasteiger partial charge in [0.2, 0.25) is 0 Å². The molecule has 1 saturated heterocycles. The highest BCUT2D eigenvalue weighted by atomic mass is 15.1. The molecule has 0 aromatic heterocycles. The molecule has 1 aliphatic heterocycles. The van der Waals surface area contributed by atoms with Gasteiger partial charge in [-0.2, -0.15) is 5.26 Å². The van der Waals surface area contributed by atoms with Gasteiger partial charge in [-0.15, -0.1) is 12.6 Å². The van der Waals surface area contributed by atoms with Crippen molar-refractivity contribution in [1.29, 1.82) is 5.26 Å². The molecule has 0 amide bonds. The molecule has 5 unspecified atom stereocenters. The van der Waals surface area contributed by atoms with Gasteiger partial charge in [0.1, 0.15) is 0 Å². The van der Waals surface area contributed by atoms with Crippen LogP contribution in [0.2, 0.25) is 0 Å². The second-order valence-electron chi connectivity index (χ2n) is 6.88. The summed E-state index contributed by atoms with van der Waals surface area (Å²) in [4.78, 5) is 0. The van der Waals surface area contributed by atoms with E-state index in [9.17, 15) is 5.26 Å². The molecule has 4 nitrogen and oxygen atoms in total. The van der Waals surface area contributed by atoms with Crippen molar-refractivity contribution in [1.82, 2.24) is 10.6 Å². The van der Waals surface area contributed by atoms with E-state index in [1.165, 1.54) is 12.0 Å². The van der Waals surface area contributed by atoms with Crippen LogP contribution in [-0.2, 0) is 0 Å². The smallest absolute Gasteiger partial charge is 0.0700 e. The van der Waals surface area contributed by atoms with Gasteiger partial charge < -0.3 is 16.0 Å². The fourth-order valence-electron chi connectivity index (χ4n) is 4.21. The Hall–Kier alpha value is -1.15. The molecule has 3 rings (SSSR count). The molecular weight excluding hydrogens is 272 g/mol. The zero-order chi connectivity index (χ0) is 15.5. The quantitative estimate of drug-likeness (QED) is 0.791. The minimum absolute atomic E-state index is 0.0510. The monoisotopic (exact) mass is 299 g/mol. The van der Waals surface area contributed by atoms with Gasteiger partial charge >= 0.3 is 0 Å². The standard InChI is InChI=1S/C18H27N4/c1-3-15(11-20-2)22-18-16(8-14-10-21-17(14)18)13-6-4-5-12(7-13)9-19/h4-6,12,14-18,20,22H,3,7-8,10-11H2,1-2H3/q-1/t12-,14?,15?,16?,17?,18?/m0/s1. The first-order chi connectivity index (χ1) is 10.8. The molecular formula is C18H27N4-. The Kier molecular flexibility index (Phi) is 4.97. The van der Waals surface area contributed by atoms with Crippen LogP contribution in [0.15, 0.2) is 23.8 Å². The summed E-state index contributed by atoms with van der Waals surface area (Å²) in [6.07, 6.45) is 9.61. The van der Waals surface area contributed by atoms with Crippen LogP contribution in [0.5, 0.6) is 0 Å². The first kappa shape index (κ1) is 15.7. The van der Waals surface area contributed by atoms with E-state index in [0.717, 1.165) is 31.8 Å². The summed E-state index contributed by atoms with van der Waals surface area (Å²) in [6, 6.07) is 3.84. The van der Waals surface area contributed by atoms with Gasteiger partial charge in [0.15, 0.2) is 0 Å². The first-order valence-corrected chi connectivity index (χ1v) is 8.61. The molecule has 3 aliphatic rings. The number of nitriles is 1. The minimum atomic E-state index is 0.0510. The fraction of sp³-hybridized carbons (Fsp3) is 0.722. The van der Waals surface area contributed by atoms with E-state index in [0.29, 0.717) is 24.0 Å². The van der Waals surface area contributed by atoms with Crippen molar-refractivity contribution >= 4 is 0 Å². The van der Waals surface area contributed by atoms with Gasteiger partial charge in [0, 0.05) is 12.6 Å². The van der Waals surface area contributed by atoms with Crippen LogP contribution in [0.25, 0.3) is 5.32 Å². The lowest BCUT2D eigenvalue weighted by atomic mass is 9.83. The van der Waals surface area contributed by atoms with Crippen LogP contribution >= 0.6 is 0 Å².